The van der Waals surface area contributed by atoms with Crippen molar-refractivity contribution in [3.63, 3.8) is 0 Å². The Morgan fingerprint density at radius 1 is 1.44 bits per heavy atom. The average molecular weight is 265 g/mol. The van der Waals surface area contributed by atoms with E-state index < -0.39 is 0 Å². The molecular weight excluding hydrogens is 252 g/mol. The molecule has 0 radical (unpaired) electrons. The summed E-state index contributed by atoms with van der Waals surface area (Å²) in [4.78, 5) is 11.8. The second-order valence-corrected chi connectivity index (χ2v) is 4.32. The number of rotatable bonds is 3. The van der Waals surface area contributed by atoms with Crippen molar-refractivity contribution in [3.05, 3.63) is 28.9 Å². The summed E-state index contributed by atoms with van der Waals surface area (Å²) < 4.78 is 0. The van der Waals surface area contributed by atoms with Gasteiger partial charge in [0.25, 0.3) is 5.91 Å². The Kier molecular flexibility index (Phi) is 3.62. The van der Waals surface area contributed by atoms with Crippen molar-refractivity contribution in [1.82, 2.24) is 15.5 Å². The van der Waals surface area contributed by atoms with Crippen molar-refractivity contribution in [2.45, 2.75) is 13.3 Å². The molecule has 6 heteroatoms. The molecule has 0 saturated carbocycles. The molecule has 1 amide bonds. The van der Waals surface area contributed by atoms with Crippen LogP contribution in [0.4, 0.5) is 5.69 Å². The van der Waals surface area contributed by atoms with Crippen LogP contribution in [-0.2, 0) is 0 Å². The lowest BCUT2D eigenvalue weighted by atomic mass is 10.1. The van der Waals surface area contributed by atoms with Crippen molar-refractivity contribution < 1.29 is 4.79 Å². The lowest BCUT2D eigenvalue weighted by Crippen LogP contribution is -2.26. The van der Waals surface area contributed by atoms with Gasteiger partial charge in [0.2, 0.25) is 0 Å². The third-order valence-electron chi connectivity index (χ3n) is 2.51. The minimum atomic E-state index is -0.316. The van der Waals surface area contributed by atoms with Gasteiger partial charge in [-0.05, 0) is 24.6 Å². The molecule has 1 heterocycles. The summed E-state index contributed by atoms with van der Waals surface area (Å²) in [5.41, 5.74) is 6.99. The van der Waals surface area contributed by atoms with E-state index in [9.17, 15) is 4.79 Å². The van der Waals surface area contributed by atoms with Crippen LogP contribution in [-0.4, -0.2) is 22.6 Å². The fourth-order valence-electron chi connectivity index (χ4n) is 1.59. The maximum absolute atomic E-state index is 11.8. The Bertz CT molecular complexity index is 600. The first-order valence-electron chi connectivity index (χ1n) is 5.63. The monoisotopic (exact) mass is 264 g/mol. The van der Waals surface area contributed by atoms with Gasteiger partial charge in [0.1, 0.15) is 0 Å². The SMILES string of the molecule is CCCNC(=O)c1nnc2ccc(Cl)cc2c1N. The quantitative estimate of drug-likeness (QED) is 0.889. The summed E-state index contributed by atoms with van der Waals surface area (Å²) in [5, 5.41) is 11.7. The van der Waals surface area contributed by atoms with Crippen molar-refractivity contribution in [1.29, 1.82) is 0 Å². The van der Waals surface area contributed by atoms with Crippen LogP contribution >= 0.6 is 11.6 Å². The van der Waals surface area contributed by atoms with Crippen LogP contribution in [0.5, 0.6) is 0 Å². The molecule has 0 unspecified atom stereocenters. The van der Waals surface area contributed by atoms with Crippen LogP contribution in [0.1, 0.15) is 23.8 Å². The van der Waals surface area contributed by atoms with Gasteiger partial charge >= 0.3 is 0 Å². The van der Waals surface area contributed by atoms with Gasteiger partial charge in [-0.15, -0.1) is 10.2 Å². The predicted octanol–water partition coefficient (Wildman–Crippen LogP) is 2.01. The maximum atomic E-state index is 11.8. The topological polar surface area (TPSA) is 80.9 Å². The van der Waals surface area contributed by atoms with E-state index in [1.54, 1.807) is 18.2 Å². The number of hydrogen-bond donors (Lipinski definition) is 2. The molecule has 2 rings (SSSR count). The molecule has 0 atom stereocenters. The van der Waals surface area contributed by atoms with Crippen LogP contribution in [0.15, 0.2) is 18.2 Å². The molecule has 0 aliphatic carbocycles. The molecule has 0 aliphatic rings. The molecule has 2 aromatic rings. The highest BCUT2D eigenvalue weighted by molar-refractivity contribution is 6.31. The van der Waals surface area contributed by atoms with E-state index >= 15 is 0 Å². The van der Waals surface area contributed by atoms with Gasteiger partial charge in [-0.3, -0.25) is 4.79 Å². The number of nitrogens with two attached hydrogens (primary N) is 1. The second kappa shape index (κ2) is 5.18. The molecule has 0 fully saturated rings. The summed E-state index contributed by atoms with van der Waals surface area (Å²) in [6.07, 6.45) is 0.846. The van der Waals surface area contributed by atoms with Crippen LogP contribution in [0, 0.1) is 0 Å². The highest BCUT2D eigenvalue weighted by Crippen LogP contribution is 2.24. The summed E-state index contributed by atoms with van der Waals surface area (Å²) in [7, 11) is 0. The molecule has 0 saturated heterocycles. The molecule has 18 heavy (non-hydrogen) atoms. The number of anilines is 1. The smallest absolute Gasteiger partial charge is 0.273 e. The van der Waals surface area contributed by atoms with E-state index in [0.29, 0.717) is 28.2 Å². The number of nitrogen functional groups attached to an aromatic ring is 1. The molecule has 5 nitrogen and oxygen atoms in total. The van der Waals surface area contributed by atoms with Crippen molar-refractivity contribution in [3.8, 4) is 0 Å². The van der Waals surface area contributed by atoms with Gasteiger partial charge in [0.15, 0.2) is 5.69 Å². The number of aromatic nitrogens is 2. The lowest BCUT2D eigenvalue weighted by molar-refractivity contribution is 0.0949. The molecule has 94 valence electrons. The van der Waals surface area contributed by atoms with Crippen LogP contribution in [0.25, 0.3) is 10.9 Å². The second-order valence-electron chi connectivity index (χ2n) is 3.88. The van der Waals surface area contributed by atoms with Gasteiger partial charge in [0.05, 0.1) is 11.2 Å². The Hall–Kier alpha value is -1.88. The number of hydrogen-bond acceptors (Lipinski definition) is 4. The molecule has 3 N–H and O–H groups in total. The molecule has 0 bridgehead atoms. The van der Waals surface area contributed by atoms with Crippen molar-refractivity contribution in [2.24, 2.45) is 0 Å². The normalized spacial score (nSPS) is 10.6. The Morgan fingerprint density at radius 3 is 2.94 bits per heavy atom. The van der Waals surface area contributed by atoms with E-state index in [2.05, 4.69) is 15.5 Å². The Balaban J connectivity index is 2.47. The number of nitrogens with one attached hydrogen (secondary N) is 1. The lowest BCUT2D eigenvalue weighted by Gasteiger charge is -2.07. The minimum Gasteiger partial charge on any atom is -0.396 e. The fourth-order valence-corrected chi connectivity index (χ4v) is 1.76. The van der Waals surface area contributed by atoms with Crippen LogP contribution in [0.2, 0.25) is 5.02 Å². The highest BCUT2D eigenvalue weighted by atomic mass is 35.5. The summed E-state index contributed by atoms with van der Waals surface area (Å²) in [6.45, 7) is 2.54. The largest absolute Gasteiger partial charge is 0.396 e. The molecule has 0 aliphatic heterocycles. The van der Waals surface area contributed by atoms with E-state index in [1.807, 2.05) is 6.92 Å². The number of carbonyl (C=O) groups is 1. The number of carbonyl (C=O) groups excluding carboxylic acids is 1. The summed E-state index contributed by atoms with van der Waals surface area (Å²) in [5.74, 6) is -0.316. The number of nitrogens with zero attached hydrogens (tertiary/aromatic N) is 2. The zero-order valence-corrected chi connectivity index (χ0v) is 10.7. The van der Waals surface area contributed by atoms with E-state index in [-0.39, 0.29) is 11.6 Å². The van der Waals surface area contributed by atoms with Crippen molar-refractivity contribution in [2.75, 3.05) is 12.3 Å². The summed E-state index contributed by atoms with van der Waals surface area (Å²) >= 11 is 5.90. The maximum Gasteiger partial charge on any atom is 0.273 e. The minimum absolute atomic E-state index is 0.137. The van der Waals surface area contributed by atoms with Crippen LogP contribution in [0.3, 0.4) is 0 Å². The Morgan fingerprint density at radius 2 is 2.22 bits per heavy atom. The first kappa shape index (κ1) is 12.6. The average Bonchev–Trinajstić information content (AvgIpc) is 2.37. The molecule has 1 aromatic carbocycles. The highest BCUT2D eigenvalue weighted by Gasteiger charge is 2.14. The van der Waals surface area contributed by atoms with E-state index in [4.69, 9.17) is 17.3 Å². The van der Waals surface area contributed by atoms with Gasteiger partial charge in [-0.25, -0.2) is 0 Å². The van der Waals surface area contributed by atoms with Crippen molar-refractivity contribution >= 4 is 34.1 Å². The van der Waals surface area contributed by atoms with Gasteiger partial charge in [-0.1, -0.05) is 18.5 Å². The first-order chi connectivity index (χ1) is 8.63. The third kappa shape index (κ3) is 2.36. The zero-order valence-electron chi connectivity index (χ0n) is 9.90. The van der Waals surface area contributed by atoms with E-state index in [1.165, 1.54) is 0 Å². The zero-order chi connectivity index (χ0) is 13.1. The van der Waals surface area contributed by atoms with Crippen LogP contribution < -0.4 is 11.1 Å². The number of benzene rings is 1. The fraction of sp³-hybridized carbons (Fsp3) is 0.250. The first-order valence-corrected chi connectivity index (χ1v) is 6.01. The van der Waals surface area contributed by atoms with Gasteiger partial charge in [-0.2, -0.15) is 0 Å². The predicted molar refractivity (Wildman–Crippen MR) is 71.6 cm³/mol. The molecule has 0 spiro atoms. The van der Waals surface area contributed by atoms with E-state index in [0.717, 1.165) is 6.42 Å². The van der Waals surface area contributed by atoms with Gasteiger partial charge in [0, 0.05) is 17.0 Å². The Labute approximate surface area is 109 Å². The number of fused-ring (bicyclic) bond motifs is 1. The molecular formula is C12H13ClN4O. The number of amides is 1. The van der Waals surface area contributed by atoms with Gasteiger partial charge < -0.3 is 11.1 Å². The third-order valence-corrected chi connectivity index (χ3v) is 2.75. The molecule has 1 aromatic heterocycles. The number of halogens is 1. The standard InChI is InChI=1S/C12H13ClN4O/c1-2-5-15-12(18)11-10(14)8-6-7(13)3-4-9(8)16-17-11/h3-4,6H,2,5H2,1H3,(H2,14,16)(H,15,18). The summed E-state index contributed by atoms with van der Waals surface area (Å²) in [6, 6.07) is 5.10.